The standard InChI is InChI=1S/C18H14F3N3S/c1-12-11-25-17(23-12)24-22-10-14-4-2-3-5-16(14)13-6-8-15(9-7-13)18(19,20)21/h2-11H,1H3,(H,23,24). The van der Waals surface area contributed by atoms with Gasteiger partial charge in [0.2, 0.25) is 5.13 Å². The summed E-state index contributed by atoms with van der Waals surface area (Å²) in [6.45, 7) is 1.89. The number of halogens is 3. The van der Waals surface area contributed by atoms with Crippen molar-refractivity contribution in [3.8, 4) is 11.1 Å². The summed E-state index contributed by atoms with van der Waals surface area (Å²) in [6, 6.07) is 12.5. The highest BCUT2D eigenvalue weighted by molar-refractivity contribution is 7.13. The minimum absolute atomic E-state index is 0.664. The number of thiazole rings is 1. The first kappa shape index (κ1) is 17.2. The van der Waals surface area contributed by atoms with Crippen molar-refractivity contribution in [3.63, 3.8) is 0 Å². The summed E-state index contributed by atoms with van der Waals surface area (Å²) in [7, 11) is 0. The van der Waals surface area contributed by atoms with Crippen LogP contribution in [-0.2, 0) is 6.18 Å². The number of nitrogens with zero attached hydrogens (tertiary/aromatic N) is 2. The molecule has 1 heterocycles. The number of alkyl halides is 3. The second kappa shape index (κ2) is 7.06. The van der Waals surface area contributed by atoms with Gasteiger partial charge in [0, 0.05) is 10.9 Å². The van der Waals surface area contributed by atoms with Gasteiger partial charge >= 0.3 is 6.18 Å². The molecule has 3 rings (SSSR count). The second-order valence-electron chi connectivity index (χ2n) is 5.33. The second-order valence-corrected chi connectivity index (χ2v) is 6.18. The lowest BCUT2D eigenvalue weighted by Crippen LogP contribution is -2.04. The number of nitrogens with one attached hydrogen (secondary N) is 1. The van der Waals surface area contributed by atoms with Gasteiger partial charge in [0.25, 0.3) is 0 Å². The van der Waals surface area contributed by atoms with Crippen LogP contribution in [0.25, 0.3) is 11.1 Å². The Balaban J connectivity index is 1.83. The van der Waals surface area contributed by atoms with Crippen LogP contribution in [0.4, 0.5) is 18.3 Å². The average Bonchev–Trinajstić information content (AvgIpc) is 3.00. The molecule has 0 aliphatic heterocycles. The van der Waals surface area contributed by atoms with E-state index in [4.69, 9.17) is 0 Å². The zero-order chi connectivity index (χ0) is 17.9. The van der Waals surface area contributed by atoms with E-state index in [0.29, 0.717) is 10.7 Å². The van der Waals surface area contributed by atoms with Gasteiger partial charge in [-0.1, -0.05) is 36.4 Å². The Bertz CT molecular complexity index is 883. The number of hydrazone groups is 1. The molecule has 3 aromatic rings. The van der Waals surface area contributed by atoms with Crippen LogP contribution in [0.5, 0.6) is 0 Å². The topological polar surface area (TPSA) is 37.3 Å². The Morgan fingerprint density at radius 2 is 1.80 bits per heavy atom. The molecule has 1 aromatic heterocycles. The van der Waals surface area contributed by atoms with Gasteiger partial charge in [-0.3, -0.25) is 5.43 Å². The van der Waals surface area contributed by atoms with Crippen molar-refractivity contribution < 1.29 is 13.2 Å². The molecule has 25 heavy (non-hydrogen) atoms. The molecule has 0 saturated carbocycles. The molecule has 7 heteroatoms. The zero-order valence-corrected chi connectivity index (χ0v) is 14.0. The summed E-state index contributed by atoms with van der Waals surface area (Å²) in [5, 5.41) is 6.75. The molecule has 0 aliphatic carbocycles. The number of hydrogen-bond donors (Lipinski definition) is 1. The van der Waals surface area contributed by atoms with Crippen molar-refractivity contribution in [2.24, 2.45) is 5.10 Å². The minimum Gasteiger partial charge on any atom is -0.253 e. The lowest BCUT2D eigenvalue weighted by molar-refractivity contribution is -0.137. The molecule has 0 spiro atoms. The quantitative estimate of drug-likeness (QED) is 0.486. The summed E-state index contributed by atoms with van der Waals surface area (Å²) in [5.41, 5.74) is 5.39. The largest absolute Gasteiger partial charge is 0.416 e. The zero-order valence-electron chi connectivity index (χ0n) is 13.2. The molecule has 0 fully saturated rings. The predicted molar refractivity (Wildman–Crippen MR) is 94.9 cm³/mol. The van der Waals surface area contributed by atoms with Crippen molar-refractivity contribution in [1.82, 2.24) is 4.98 Å². The van der Waals surface area contributed by atoms with E-state index in [-0.39, 0.29) is 0 Å². The fourth-order valence-electron chi connectivity index (χ4n) is 2.27. The maximum atomic E-state index is 12.7. The van der Waals surface area contributed by atoms with Crippen molar-refractivity contribution in [2.75, 3.05) is 5.43 Å². The molecule has 3 nitrogen and oxygen atoms in total. The van der Waals surface area contributed by atoms with Crippen LogP contribution in [0.15, 0.2) is 59.0 Å². The number of aromatic nitrogens is 1. The maximum Gasteiger partial charge on any atom is 0.416 e. The van der Waals surface area contributed by atoms with E-state index >= 15 is 0 Å². The van der Waals surface area contributed by atoms with Crippen LogP contribution < -0.4 is 5.43 Å². The third-order valence-corrected chi connectivity index (χ3v) is 4.33. The number of aryl methyl sites for hydroxylation is 1. The SMILES string of the molecule is Cc1csc(NN=Cc2ccccc2-c2ccc(C(F)(F)F)cc2)n1. The van der Waals surface area contributed by atoms with Crippen LogP contribution in [-0.4, -0.2) is 11.2 Å². The average molecular weight is 361 g/mol. The summed E-state index contributed by atoms with van der Waals surface area (Å²) < 4.78 is 38.1. The van der Waals surface area contributed by atoms with E-state index in [2.05, 4.69) is 15.5 Å². The van der Waals surface area contributed by atoms with Gasteiger partial charge in [-0.2, -0.15) is 18.3 Å². The van der Waals surface area contributed by atoms with Gasteiger partial charge in [0.05, 0.1) is 17.5 Å². The van der Waals surface area contributed by atoms with E-state index in [1.54, 1.807) is 6.21 Å². The molecule has 1 N–H and O–H groups in total. The van der Waals surface area contributed by atoms with Crippen LogP contribution in [0.2, 0.25) is 0 Å². The molecule has 0 atom stereocenters. The van der Waals surface area contributed by atoms with Crippen molar-refractivity contribution >= 4 is 22.7 Å². The van der Waals surface area contributed by atoms with E-state index in [1.165, 1.54) is 23.5 Å². The third-order valence-electron chi connectivity index (χ3n) is 3.47. The van der Waals surface area contributed by atoms with Crippen molar-refractivity contribution in [2.45, 2.75) is 13.1 Å². The summed E-state index contributed by atoms with van der Waals surface area (Å²) in [4.78, 5) is 4.24. The van der Waals surface area contributed by atoms with Gasteiger partial charge in [-0.05, 0) is 30.2 Å². The fourth-order valence-corrected chi connectivity index (χ4v) is 2.91. The summed E-state index contributed by atoms with van der Waals surface area (Å²) in [5.74, 6) is 0. The summed E-state index contributed by atoms with van der Waals surface area (Å²) in [6.07, 6.45) is -2.71. The lowest BCUT2D eigenvalue weighted by Gasteiger charge is -2.09. The first-order chi connectivity index (χ1) is 11.9. The predicted octanol–water partition coefficient (Wildman–Crippen LogP) is 5.58. The number of benzene rings is 2. The fraction of sp³-hybridized carbons (Fsp3) is 0.111. The number of anilines is 1. The number of rotatable bonds is 4. The highest BCUT2D eigenvalue weighted by Gasteiger charge is 2.29. The van der Waals surface area contributed by atoms with Crippen molar-refractivity contribution in [3.05, 3.63) is 70.7 Å². The van der Waals surface area contributed by atoms with Gasteiger partial charge in [0.15, 0.2) is 0 Å². The first-order valence-electron chi connectivity index (χ1n) is 7.41. The van der Waals surface area contributed by atoms with E-state index in [0.717, 1.165) is 29.0 Å². The molecule has 0 unspecified atom stereocenters. The van der Waals surface area contributed by atoms with Gasteiger partial charge in [-0.25, -0.2) is 4.98 Å². The van der Waals surface area contributed by atoms with Gasteiger partial charge in [0.1, 0.15) is 0 Å². The molecule has 0 bridgehead atoms. The Labute approximate surface area is 146 Å². The minimum atomic E-state index is -4.34. The molecular formula is C18H14F3N3S. The van der Waals surface area contributed by atoms with Crippen LogP contribution >= 0.6 is 11.3 Å². The highest BCUT2D eigenvalue weighted by Crippen LogP contribution is 2.31. The Morgan fingerprint density at radius 1 is 1.08 bits per heavy atom. The lowest BCUT2D eigenvalue weighted by atomic mass is 9.99. The molecule has 0 aliphatic rings. The van der Waals surface area contributed by atoms with Crippen LogP contribution in [0.1, 0.15) is 16.8 Å². The van der Waals surface area contributed by atoms with Gasteiger partial charge in [-0.15, -0.1) is 11.3 Å². The molecule has 2 aromatic carbocycles. The maximum absolute atomic E-state index is 12.7. The van der Waals surface area contributed by atoms with Crippen LogP contribution in [0.3, 0.4) is 0 Å². The van der Waals surface area contributed by atoms with Crippen LogP contribution in [0, 0.1) is 6.92 Å². The third kappa shape index (κ3) is 4.24. The monoisotopic (exact) mass is 361 g/mol. The highest BCUT2D eigenvalue weighted by atomic mass is 32.1. The Hall–Kier alpha value is -2.67. The molecule has 128 valence electrons. The van der Waals surface area contributed by atoms with E-state index in [1.807, 2.05) is 36.6 Å². The molecule has 0 amide bonds. The molecular weight excluding hydrogens is 347 g/mol. The van der Waals surface area contributed by atoms with Crippen molar-refractivity contribution in [1.29, 1.82) is 0 Å². The Kier molecular flexibility index (Phi) is 4.85. The van der Waals surface area contributed by atoms with E-state index in [9.17, 15) is 13.2 Å². The Morgan fingerprint density at radius 3 is 2.44 bits per heavy atom. The smallest absolute Gasteiger partial charge is 0.253 e. The van der Waals surface area contributed by atoms with E-state index < -0.39 is 11.7 Å². The molecule has 0 radical (unpaired) electrons. The molecule has 0 saturated heterocycles. The first-order valence-corrected chi connectivity index (χ1v) is 8.29. The summed E-state index contributed by atoms with van der Waals surface area (Å²) >= 11 is 1.45. The normalized spacial score (nSPS) is 11.8. The number of hydrogen-bond acceptors (Lipinski definition) is 4. The van der Waals surface area contributed by atoms with Gasteiger partial charge < -0.3 is 0 Å².